The predicted molar refractivity (Wildman–Crippen MR) is 246 cm³/mol. The Hall–Kier alpha value is -7.49. The molecule has 282 valence electrons. The fraction of sp³-hybridized carbons (Fsp3) is 0.0702. The average Bonchev–Trinajstić information content (AvgIpc) is 3.74. The van der Waals surface area contributed by atoms with Crippen LogP contribution in [-0.4, -0.2) is 15.0 Å². The first-order chi connectivity index (χ1) is 29.5. The summed E-state index contributed by atoms with van der Waals surface area (Å²) in [6, 6.07) is 72.5. The quantitative estimate of drug-likeness (QED) is 0.175. The standard InChI is InChI=1S/C57H39N3/c1-56(2)48-31-29-39(35-47(48)52-43-24-12-10-17-37(43)28-33-51(52)56)54-58-53(59-55(60-54)45-26-15-18-36-16-9-11-23-42(36)45)38-30-32-50-46(34-38)44-25-13-14-27-49(44)57(50,40-19-5-3-6-20-40)41-21-7-4-8-22-41/h3-35H,1-2H3. The second-order valence-corrected chi connectivity index (χ2v) is 16.7. The van der Waals surface area contributed by atoms with E-state index in [2.05, 4.69) is 214 Å². The Bertz CT molecular complexity index is 3300. The van der Waals surface area contributed by atoms with Gasteiger partial charge in [-0.05, 0) is 89.3 Å². The first-order valence-corrected chi connectivity index (χ1v) is 20.8. The van der Waals surface area contributed by atoms with Crippen molar-refractivity contribution in [3.05, 3.63) is 234 Å². The maximum atomic E-state index is 5.37. The summed E-state index contributed by atoms with van der Waals surface area (Å²) in [5.41, 5.74) is 14.9. The zero-order valence-electron chi connectivity index (χ0n) is 33.4. The van der Waals surface area contributed by atoms with Crippen LogP contribution in [0.1, 0.15) is 47.2 Å². The van der Waals surface area contributed by atoms with Crippen molar-refractivity contribution in [2.75, 3.05) is 0 Å². The number of benzene rings is 9. The maximum absolute atomic E-state index is 5.37. The van der Waals surface area contributed by atoms with Crippen molar-refractivity contribution in [2.45, 2.75) is 24.7 Å². The van der Waals surface area contributed by atoms with Crippen molar-refractivity contribution in [1.29, 1.82) is 0 Å². The van der Waals surface area contributed by atoms with Gasteiger partial charge in [-0.3, -0.25) is 0 Å². The highest BCUT2D eigenvalue weighted by Crippen LogP contribution is 2.57. The Morgan fingerprint density at radius 1 is 0.333 bits per heavy atom. The third-order valence-corrected chi connectivity index (χ3v) is 13.2. The SMILES string of the molecule is CC1(C)c2ccc(-c3nc(-c4ccc5c(c4)-c4ccccc4C5(c4ccccc4)c4ccccc4)nc(-c4cccc5ccccc45)n3)cc2-c2c1ccc1ccccc21. The van der Waals surface area contributed by atoms with Crippen LogP contribution in [0.5, 0.6) is 0 Å². The van der Waals surface area contributed by atoms with Gasteiger partial charge in [0.2, 0.25) is 0 Å². The highest BCUT2D eigenvalue weighted by atomic mass is 15.0. The van der Waals surface area contributed by atoms with Gasteiger partial charge in [-0.25, -0.2) is 15.0 Å². The molecule has 12 rings (SSSR count). The number of aromatic nitrogens is 3. The molecule has 2 aliphatic carbocycles. The lowest BCUT2D eigenvalue weighted by molar-refractivity contribution is 0.661. The van der Waals surface area contributed by atoms with E-state index in [1.54, 1.807) is 0 Å². The number of hydrogen-bond acceptors (Lipinski definition) is 3. The molecule has 0 bridgehead atoms. The van der Waals surface area contributed by atoms with Crippen LogP contribution in [0, 0.1) is 0 Å². The number of hydrogen-bond donors (Lipinski definition) is 0. The molecular weight excluding hydrogens is 727 g/mol. The van der Waals surface area contributed by atoms with Crippen molar-refractivity contribution < 1.29 is 0 Å². The molecule has 0 fully saturated rings. The van der Waals surface area contributed by atoms with Crippen molar-refractivity contribution in [3.63, 3.8) is 0 Å². The molecule has 9 aromatic carbocycles. The highest BCUT2D eigenvalue weighted by Gasteiger charge is 2.46. The van der Waals surface area contributed by atoms with Gasteiger partial charge < -0.3 is 0 Å². The van der Waals surface area contributed by atoms with Crippen LogP contribution in [0.3, 0.4) is 0 Å². The second kappa shape index (κ2) is 13.0. The maximum Gasteiger partial charge on any atom is 0.164 e. The summed E-state index contributed by atoms with van der Waals surface area (Å²) in [6.45, 7) is 4.67. The van der Waals surface area contributed by atoms with Crippen molar-refractivity contribution in [2.24, 2.45) is 0 Å². The fourth-order valence-electron chi connectivity index (χ4n) is 10.4. The molecule has 0 N–H and O–H groups in total. The van der Waals surface area contributed by atoms with Gasteiger partial charge in [0.05, 0.1) is 5.41 Å². The molecule has 0 aliphatic heterocycles. The summed E-state index contributed by atoms with van der Waals surface area (Å²) in [6.07, 6.45) is 0. The van der Waals surface area contributed by atoms with Gasteiger partial charge in [0.15, 0.2) is 17.5 Å². The molecule has 1 aromatic heterocycles. The lowest BCUT2D eigenvalue weighted by Gasteiger charge is -2.33. The zero-order valence-corrected chi connectivity index (χ0v) is 33.4. The van der Waals surface area contributed by atoms with Gasteiger partial charge in [0.1, 0.15) is 0 Å². The number of nitrogens with zero attached hydrogens (tertiary/aromatic N) is 3. The highest BCUT2D eigenvalue weighted by molar-refractivity contribution is 6.03. The summed E-state index contributed by atoms with van der Waals surface area (Å²) >= 11 is 0. The lowest BCUT2D eigenvalue weighted by atomic mass is 9.67. The minimum Gasteiger partial charge on any atom is -0.208 e. The third-order valence-electron chi connectivity index (χ3n) is 13.2. The summed E-state index contributed by atoms with van der Waals surface area (Å²) in [7, 11) is 0. The molecule has 0 amide bonds. The van der Waals surface area contributed by atoms with E-state index in [1.165, 1.54) is 66.4 Å². The molecule has 3 heteroatoms. The molecule has 0 spiro atoms. The fourth-order valence-corrected chi connectivity index (χ4v) is 10.4. The number of fused-ring (bicyclic) bond motifs is 9. The van der Waals surface area contributed by atoms with Gasteiger partial charge in [0.25, 0.3) is 0 Å². The Morgan fingerprint density at radius 3 is 1.55 bits per heavy atom. The molecule has 0 saturated carbocycles. The Morgan fingerprint density at radius 2 is 0.833 bits per heavy atom. The summed E-state index contributed by atoms with van der Waals surface area (Å²) < 4.78 is 0. The van der Waals surface area contributed by atoms with Gasteiger partial charge >= 0.3 is 0 Å². The van der Waals surface area contributed by atoms with Gasteiger partial charge in [-0.1, -0.05) is 202 Å². The predicted octanol–water partition coefficient (Wildman–Crippen LogP) is 13.8. The average molecular weight is 766 g/mol. The molecule has 0 atom stereocenters. The van der Waals surface area contributed by atoms with E-state index < -0.39 is 5.41 Å². The van der Waals surface area contributed by atoms with Crippen LogP contribution in [-0.2, 0) is 10.8 Å². The summed E-state index contributed by atoms with van der Waals surface area (Å²) in [4.78, 5) is 16.0. The van der Waals surface area contributed by atoms with Crippen molar-refractivity contribution in [1.82, 2.24) is 15.0 Å². The molecule has 10 aromatic rings. The molecule has 0 unspecified atom stereocenters. The number of rotatable bonds is 5. The van der Waals surface area contributed by atoms with Crippen molar-refractivity contribution >= 4 is 21.5 Å². The van der Waals surface area contributed by atoms with E-state index in [0.29, 0.717) is 17.5 Å². The lowest BCUT2D eigenvalue weighted by Crippen LogP contribution is -2.28. The molecular formula is C57H39N3. The second-order valence-electron chi connectivity index (χ2n) is 16.7. The van der Waals surface area contributed by atoms with Crippen LogP contribution in [0.4, 0.5) is 0 Å². The first-order valence-electron chi connectivity index (χ1n) is 20.8. The van der Waals surface area contributed by atoms with Crippen molar-refractivity contribution in [3.8, 4) is 56.4 Å². The smallest absolute Gasteiger partial charge is 0.164 e. The van der Waals surface area contributed by atoms with E-state index >= 15 is 0 Å². The van der Waals surface area contributed by atoms with Gasteiger partial charge in [0, 0.05) is 22.1 Å². The van der Waals surface area contributed by atoms with E-state index in [4.69, 9.17) is 15.0 Å². The Balaban J connectivity index is 1.09. The van der Waals surface area contributed by atoms with Crippen LogP contribution in [0.15, 0.2) is 200 Å². The zero-order chi connectivity index (χ0) is 40.0. The molecule has 1 heterocycles. The molecule has 60 heavy (non-hydrogen) atoms. The summed E-state index contributed by atoms with van der Waals surface area (Å²) in [5, 5.41) is 4.77. The van der Waals surface area contributed by atoms with E-state index in [9.17, 15) is 0 Å². The molecule has 2 aliphatic rings. The molecule has 3 nitrogen and oxygen atoms in total. The van der Waals surface area contributed by atoms with Crippen LogP contribution in [0.2, 0.25) is 0 Å². The third kappa shape index (κ3) is 4.93. The Labute approximate surface area is 349 Å². The van der Waals surface area contributed by atoms with Crippen LogP contribution >= 0.6 is 0 Å². The minimum absolute atomic E-state index is 0.138. The minimum atomic E-state index is -0.482. The largest absolute Gasteiger partial charge is 0.208 e. The summed E-state index contributed by atoms with van der Waals surface area (Å²) in [5.74, 6) is 1.95. The van der Waals surface area contributed by atoms with Gasteiger partial charge in [-0.2, -0.15) is 0 Å². The Kier molecular flexibility index (Phi) is 7.49. The van der Waals surface area contributed by atoms with Crippen LogP contribution in [0.25, 0.3) is 78.0 Å². The van der Waals surface area contributed by atoms with E-state index in [0.717, 1.165) is 27.5 Å². The topological polar surface area (TPSA) is 38.7 Å². The monoisotopic (exact) mass is 765 g/mol. The first kappa shape index (κ1) is 34.5. The van der Waals surface area contributed by atoms with E-state index in [1.807, 2.05) is 0 Å². The van der Waals surface area contributed by atoms with Crippen LogP contribution < -0.4 is 0 Å². The van der Waals surface area contributed by atoms with E-state index in [-0.39, 0.29) is 5.41 Å². The van der Waals surface area contributed by atoms with Gasteiger partial charge in [-0.15, -0.1) is 0 Å². The molecule has 0 saturated heterocycles. The normalized spacial score (nSPS) is 14.1. The molecule has 0 radical (unpaired) electrons.